The Morgan fingerprint density at radius 3 is 2.37 bits per heavy atom. The first-order valence-electron chi connectivity index (χ1n) is 6.84. The molecule has 0 saturated carbocycles. The first-order chi connectivity index (χ1) is 8.83. The Bertz CT molecular complexity index is 386. The number of benzene rings is 1. The van der Waals surface area contributed by atoms with Crippen molar-refractivity contribution in [1.29, 1.82) is 0 Å². The molecule has 2 nitrogen and oxygen atoms in total. The first-order valence-corrected chi connectivity index (χ1v) is 7.89. The molecule has 2 aliphatic heterocycles. The van der Waals surface area contributed by atoms with Crippen LogP contribution in [0.25, 0.3) is 0 Å². The van der Waals surface area contributed by atoms with Gasteiger partial charge in [-0.15, -0.1) is 12.4 Å². The van der Waals surface area contributed by atoms with Gasteiger partial charge < -0.3 is 10.1 Å². The fourth-order valence-electron chi connectivity index (χ4n) is 3.08. The van der Waals surface area contributed by atoms with Crippen molar-refractivity contribution in [1.82, 2.24) is 5.32 Å². The van der Waals surface area contributed by atoms with Crippen LogP contribution in [0.4, 0.5) is 0 Å². The third-order valence-electron chi connectivity index (χ3n) is 4.07. The molecule has 2 bridgehead atoms. The van der Waals surface area contributed by atoms with E-state index in [1.54, 1.807) is 7.11 Å². The van der Waals surface area contributed by atoms with Crippen LogP contribution in [0.5, 0.6) is 5.75 Å². The quantitative estimate of drug-likeness (QED) is 0.917. The number of nitrogens with one attached hydrogen (secondary N) is 1. The predicted molar refractivity (Wildman–Crippen MR) is 84.5 cm³/mol. The molecule has 2 saturated heterocycles. The van der Waals surface area contributed by atoms with Gasteiger partial charge in [-0.2, -0.15) is 11.8 Å². The van der Waals surface area contributed by atoms with Crippen molar-refractivity contribution in [3.63, 3.8) is 0 Å². The van der Waals surface area contributed by atoms with Gasteiger partial charge in [0.2, 0.25) is 0 Å². The van der Waals surface area contributed by atoms with Crippen LogP contribution in [-0.4, -0.2) is 24.4 Å². The van der Waals surface area contributed by atoms with Gasteiger partial charge in [0.05, 0.1) is 7.11 Å². The largest absolute Gasteiger partial charge is 0.497 e. The fraction of sp³-hybridized carbons (Fsp3) is 0.600. The van der Waals surface area contributed by atoms with Crippen molar-refractivity contribution in [2.24, 2.45) is 0 Å². The monoisotopic (exact) mass is 299 g/mol. The summed E-state index contributed by atoms with van der Waals surface area (Å²) in [6, 6.07) is 10.1. The van der Waals surface area contributed by atoms with Crippen molar-refractivity contribution in [3.05, 3.63) is 29.8 Å². The van der Waals surface area contributed by atoms with Crippen molar-refractivity contribution in [3.8, 4) is 5.75 Å². The Kier molecular flexibility index (Phi) is 5.43. The summed E-state index contributed by atoms with van der Waals surface area (Å²) in [5.74, 6) is 2.08. The Balaban J connectivity index is 0.00000133. The van der Waals surface area contributed by atoms with E-state index in [4.69, 9.17) is 4.74 Å². The molecule has 0 aliphatic carbocycles. The molecule has 3 rings (SSSR count). The van der Waals surface area contributed by atoms with Crippen molar-refractivity contribution in [2.45, 2.75) is 48.8 Å². The molecule has 1 aromatic rings. The smallest absolute Gasteiger partial charge is 0.118 e. The topological polar surface area (TPSA) is 21.3 Å². The van der Waals surface area contributed by atoms with E-state index in [0.29, 0.717) is 0 Å². The van der Waals surface area contributed by atoms with Crippen LogP contribution in [0, 0.1) is 0 Å². The number of piperidine rings is 1. The Labute approximate surface area is 126 Å². The van der Waals surface area contributed by atoms with E-state index in [1.165, 1.54) is 31.2 Å². The maximum Gasteiger partial charge on any atom is 0.118 e. The molecule has 0 amide bonds. The van der Waals surface area contributed by atoms with Gasteiger partial charge in [0.15, 0.2) is 0 Å². The zero-order valence-corrected chi connectivity index (χ0v) is 12.9. The van der Waals surface area contributed by atoms with Gasteiger partial charge >= 0.3 is 0 Å². The number of hydrogen-bond acceptors (Lipinski definition) is 3. The molecule has 19 heavy (non-hydrogen) atoms. The highest BCUT2D eigenvalue weighted by Crippen LogP contribution is 2.35. The van der Waals surface area contributed by atoms with Gasteiger partial charge in [0, 0.05) is 23.1 Å². The predicted octanol–water partition coefficient (Wildman–Crippen LogP) is 3.63. The number of halogens is 1. The molecule has 106 valence electrons. The number of rotatable bonds is 4. The zero-order chi connectivity index (χ0) is 12.4. The molecule has 4 heteroatoms. The molecule has 0 spiro atoms. The molecule has 0 aromatic heterocycles. The number of methoxy groups -OCH3 is 1. The first kappa shape index (κ1) is 15.0. The van der Waals surface area contributed by atoms with E-state index in [0.717, 1.165) is 28.8 Å². The number of hydrogen-bond donors (Lipinski definition) is 1. The molecule has 2 heterocycles. The summed E-state index contributed by atoms with van der Waals surface area (Å²) in [7, 11) is 1.72. The average molecular weight is 300 g/mol. The summed E-state index contributed by atoms with van der Waals surface area (Å²) in [5, 5.41) is 4.56. The molecular weight excluding hydrogens is 278 g/mol. The zero-order valence-electron chi connectivity index (χ0n) is 11.3. The molecule has 1 unspecified atom stereocenters. The normalized spacial score (nSPS) is 28.8. The van der Waals surface area contributed by atoms with Crippen LogP contribution in [0.15, 0.2) is 24.3 Å². The third kappa shape index (κ3) is 3.80. The minimum absolute atomic E-state index is 0. The second-order valence-electron chi connectivity index (χ2n) is 5.39. The van der Waals surface area contributed by atoms with Crippen LogP contribution in [0.1, 0.15) is 31.2 Å². The highest BCUT2D eigenvalue weighted by molar-refractivity contribution is 7.99. The van der Waals surface area contributed by atoms with Gasteiger partial charge in [-0.3, -0.25) is 0 Å². The second kappa shape index (κ2) is 6.87. The maximum atomic E-state index is 5.18. The minimum Gasteiger partial charge on any atom is -0.497 e. The van der Waals surface area contributed by atoms with Crippen molar-refractivity contribution in [2.75, 3.05) is 7.11 Å². The van der Waals surface area contributed by atoms with E-state index in [2.05, 4.69) is 41.3 Å². The molecular formula is C15H22ClNOS. The number of fused-ring (bicyclic) bond motifs is 2. The average Bonchev–Trinajstić information content (AvgIpc) is 2.76. The standard InChI is InChI=1S/C15H21NOS.ClH/c1-17-14-6-2-11(3-7-14)10-18-15-8-12-4-5-13(9-15)16-12;/h2-3,6-7,12-13,15-16H,4-5,8-10H2,1H3;1H/t12-,13+,15?;. The molecule has 1 N–H and O–H groups in total. The van der Waals surface area contributed by atoms with E-state index in [-0.39, 0.29) is 12.4 Å². The van der Waals surface area contributed by atoms with Crippen molar-refractivity contribution < 1.29 is 4.74 Å². The van der Waals surface area contributed by atoms with E-state index in [9.17, 15) is 0 Å². The van der Waals surface area contributed by atoms with E-state index in [1.807, 2.05) is 0 Å². The lowest BCUT2D eigenvalue weighted by Crippen LogP contribution is -2.39. The fourth-order valence-corrected chi connectivity index (χ4v) is 4.43. The lowest BCUT2D eigenvalue weighted by Gasteiger charge is -2.28. The van der Waals surface area contributed by atoms with Gasteiger partial charge in [-0.1, -0.05) is 12.1 Å². The lowest BCUT2D eigenvalue weighted by atomic mass is 10.1. The third-order valence-corrected chi connectivity index (χ3v) is 5.43. The van der Waals surface area contributed by atoms with Gasteiger partial charge in [0.25, 0.3) is 0 Å². The second-order valence-corrected chi connectivity index (χ2v) is 6.68. The Hall–Kier alpha value is -0.380. The highest BCUT2D eigenvalue weighted by Gasteiger charge is 2.33. The minimum atomic E-state index is 0. The van der Waals surface area contributed by atoms with Crippen LogP contribution in [-0.2, 0) is 5.75 Å². The molecule has 3 atom stereocenters. The number of thioether (sulfide) groups is 1. The summed E-state index contributed by atoms with van der Waals surface area (Å²) in [4.78, 5) is 0. The highest BCUT2D eigenvalue weighted by atomic mass is 35.5. The van der Waals surface area contributed by atoms with Crippen molar-refractivity contribution >= 4 is 24.2 Å². The molecule has 0 radical (unpaired) electrons. The summed E-state index contributed by atoms with van der Waals surface area (Å²) in [6.45, 7) is 0. The van der Waals surface area contributed by atoms with Gasteiger partial charge in [-0.05, 0) is 43.4 Å². The molecule has 2 aliphatic rings. The van der Waals surface area contributed by atoms with Crippen LogP contribution >= 0.6 is 24.2 Å². The summed E-state index contributed by atoms with van der Waals surface area (Å²) < 4.78 is 5.18. The van der Waals surface area contributed by atoms with E-state index < -0.39 is 0 Å². The van der Waals surface area contributed by atoms with Crippen LogP contribution in [0.2, 0.25) is 0 Å². The Morgan fingerprint density at radius 1 is 1.16 bits per heavy atom. The summed E-state index contributed by atoms with van der Waals surface area (Å²) in [6.07, 6.45) is 5.50. The summed E-state index contributed by atoms with van der Waals surface area (Å²) >= 11 is 2.13. The van der Waals surface area contributed by atoms with E-state index >= 15 is 0 Å². The molecule has 2 fully saturated rings. The maximum absolute atomic E-state index is 5.18. The van der Waals surface area contributed by atoms with Crippen LogP contribution in [0.3, 0.4) is 0 Å². The van der Waals surface area contributed by atoms with Gasteiger partial charge in [0.1, 0.15) is 5.75 Å². The van der Waals surface area contributed by atoms with Crippen LogP contribution < -0.4 is 10.1 Å². The van der Waals surface area contributed by atoms with Gasteiger partial charge in [-0.25, -0.2) is 0 Å². The number of ether oxygens (including phenoxy) is 1. The lowest BCUT2D eigenvalue weighted by molar-refractivity contribution is 0.414. The molecule has 1 aromatic carbocycles. The SMILES string of the molecule is COc1ccc(CSC2C[C@H]3CC[C@@H](C2)N3)cc1.Cl. The summed E-state index contributed by atoms with van der Waals surface area (Å²) in [5.41, 5.74) is 1.41. The Morgan fingerprint density at radius 2 is 1.79 bits per heavy atom.